The molecular formula is C24H39N5O2. The zero-order chi connectivity index (χ0) is 21.8. The lowest BCUT2D eigenvalue weighted by Gasteiger charge is -2.37. The molecule has 1 aromatic heterocycles. The summed E-state index contributed by atoms with van der Waals surface area (Å²) in [5.41, 5.74) is 0.972. The lowest BCUT2D eigenvalue weighted by Crippen LogP contribution is -2.47. The molecule has 1 aliphatic carbocycles. The van der Waals surface area contributed by atoms with Gasteiger partial charge in [0.1, 0.15) is 17.7 Å². The number of hydrogen-bond donors (Lipinski definition) is 1. The van der Waals surface area contributed by atoms with Gasteiger partial charge in [-0.15, -0.1) is 0 Å². The molecule has 172 valence electrons. The van der Waals surface area contributed by atoms with E-state index in [0.29, 0.717) is 6.04 Å². The summed E-state index contributed by atoms with van der Waals surface area (Å²) in [7, 11) is 0. The van der Waals surface area contributed by atoms with Crippen molar-refractivity contribution in [1.82, 2.24) is 20.2 Å². The van der Waals surface area contributed by atoms with Gasteiger partial charge in [0.05, 0.1) is 12.3 Å². The maximum absolute atomic E-state index is 10.6. The van der Waals surface area contributed by atoms with Crippen molar-refractivity contribution in [2.75, 3.05) is 44.2 Å². The van der Waals surface area contributed by atoms with Crippen molar-refractivity contribution in [3.8, 4) is 0 Å². The molecule has 7 nitrogen and oxygen atoms in total. The van der Waals surface area contributed by atoms with Crippen molar-refractivity contribution < 1.29 is 9.53 Å². The molecule has 3 fully saturated rings. The average Bonchev–Trinajstić information content (AvgIpc) is 2.72. The number of carbonyl (C=O) groups is 1. The van der Waals surface area contributed by atoms with Crippen molar-refractivity contribution in [3.63, 3.8) is 0 Å². The molecule has 2 saturated heterocycles. The number of amides is 1. The molecule has 3 heterocycles. The fourth-order valence-corrected chi connectivity index (χ4v) is 4.86. The summed E-state index contributed by atoms with van der Waals surface area (Å²) in [6.45, 7) is 12.8. The largest absolute Gasteiger partial charge is 0.372 e. The van der Waals surface area contributed by atoms with Crippen molar-refractivity contribution in [2.45, 2.75) is 76.9 Å². The Hall–Kier alpha value is -1.73. The van der Waals surface area contributed by atoms with Crippen LogP contribution in [0.25, 0.3) is 0 Å². The summed E-state index contributed by atoms with van der Waals surface area (Å²) in [4.78, 5) is 25.4. The predicted molar refractivity (Wildman–Crippen MR) is 122 cm³/mol. The molecule has 1 saturated carbocycles. The average molecular weight is 430 g/mol. The first-order valence-electron chi connectivity index (χ1n) is 12.1. The topological polar surface area (TPSA) is 70.6 Å². The summed E-state index contributed by atoms with van der Waals surface area (Å²) in [6, 6.07) is 2.55. The summed E-state index contributed by atoms with van der Waals surface area (Å²) < 4.78 is 5.72. The minimum absolute atomic E-state index is 0.0728. The van der Waals surface area contributed by atoms with Crippen molar-refractivity contribution in [2.24, 2.45) is 5.92 Å². The quantitative estimate of drug-likeness (QED) is 0.672. The zero-order valence-electron chi connectivity index (χ0n) is 19.5. The molecule has 31 heavy (non-hydrogen) atoms. The van der Waals surface area contributed by atoms with Crippen LogP contribution in [0, 0.1) is 5.92 Å². The highest BCUT2D eigenvalue weighted by Crippen LogP contribution is 2.32. The Kier molecular flexibility index (Phi) is 7.12. The Balaban J connectivity index is 1.29. The molecule has 1 N–H and O–H groups in total. The van der Waals surface area contributed by atoms with E-state index in [-0.39, 0.29) is 11.5 Å². The van der Waals surface area contributed by atoms with Gasteiger partial charge in [0, 0.05) is 50.1 Å². The van der Waals surface area contributed by atoms with Crippen LogP contribution in [0.5, 0.6) is 0 Å². The van der Waals surface area contributed by atoms with E-state index in [1.807, 2.05) is 0 Å². The van der Waals surface area contributed by atoms with Crippen molar-refractivity contribution in [1.29, 1.82) is 0 Å². The third-order valence-electron chi connectivity index (χ3n) is 7.13. The van der Waals surface area contributed by atoms with Crippen LogP contribution in [0.4, 0.5) is 5.82 Å². The second-order valence-corrected chi connectivity index (χ2v) is 10.5. The third-order valence-corrected chi connectivity index (χ3v) is 7.13. The van der Waals surface area contributed by atoms with Gasteiger partial charge in [-0.2, -0.15) is 0 Å². The molecule has 2 aliphatic heterocycles. The lowest BCUT2D eigenvalue weighted by atomic mass is 9.84. The summed E-state index contributed by atoms with van der Waals surface area (Å²) in [5.74, 6) is 2.78. The van der Waals surface area contributed by atoms with E-state index in [1.54, 1.807) is 0 Å². The minimum atomic E-state index is -0.0728. The monoisotopic (exact) mass is 429 g/mol. The summed E-state index contributed by atoms with van der Waals surface area (Å²) in [5, 5.41) is 2.95. The predicted octanol–water partition coefficient (Wildman–Crippen LogP) is 3.05. The zero-order valence-corrected chi connectivity index (χ0v) is 19.5. The maximum atomic E-state index is 10.6. The Labute approximate surface area is 186 Å². The van der Waals surface area contributed by atoms with Gasteiger partial charge in [-0.25, -0.2) is 9.97 Å². The molecule has 0 bridgehead atoms. The summed E-state index contributed by atoms with van der Waals surface area (Å²) in [6.07, 6.45) is 8.08. The number of nitrogens with zero attached hydrogens (tertiary/aromatic N) is 4. The van der Waals surface area contributed by atoms with Crippen LogP contribution in [0.1, 0.15) is 76.9 Å². The smallest absolute Gasteiger partial charge is 0.207 e. The van der Waals surface area contributed by atoms with Crippen LogP contribution < -0.4 is 10.2 Å². The highest BCUT2D eigenvalue weighted by molar-refractivity contribution is 5.46. The molecule has 3 aliphatic rings. The van der Waals surface area contributed by atoms with Crippen LogP contribution >= 0.6 is 0 Å². The lowest BCUT2D eigenvalue weighted by molar-refractivity contribution is -0.110. The minimum Gasteiger partial charge on any atom is -0.372 e. The molecule has 7 heteroatoms. The number of anilines is 1. The van der Waals surface area contributed by atoms with Gasteiger partial charge in [-0.05, 0) is 44.6 Å². The van der Waals surface area contributed by atoms with Crippen LogP contribution in [-0.4, -0.2) is 66.7 Å². The van der Waals surface area contributed by atoms with Gasteiger partial charge in [-0.1, -0.05) is 20.8 Å². The molecule has 0 aromatic carbocycles. The fraction of sp³-hybridized carbons (Fsp3) is 0.792. The second kappa shape index (κ2) is 9.82. The Morgan fingerprint density at radius 1 is 1.10 bits per heavy atom. The van der Waals surface area contributed by atoms with Crippen LogP contribution in [0.3, 0.4) is 0 Å². The maximum Gasteiger partial charge on any atom is 0.207 e. The Morgan fingerprint density at radius 2 is 1.81 bits per heavy atom. The van der Waals surface area contributed by atoms with E-state index in [4.69, 9.17) is 14.7 Å². The molecule has 1 amide bonds. The number of hydrogen-bond acceptors (Lipinski definition) is 6. The number of ether oxygens (including phenoxy) is 1. The normalized spacial score (nSPS) is 27.6. The molecule has 1 atom stereocenters. The van der Waals surface area contributed by atoms with Crippen LogP contribution in [0.15, 0.2) is 6.07 Å². The van der Waals surface area contributed by atoms with Gasteiger partial charge >= 0.3 is 0 Å². The van der Waals surface area contributed by atoms with E-state index in [1.165, 1.54) is 25.8 Å². The molecule has 1 unspecified atom stereocenters. The number of carbonyl (C=O) groups excluding carboxylic acids is 1. The number of aromatic nitrogens is 2. The number of rotatable bonds is 7. The van der Waals surface area contributed by atoms with Crippen molar-refractivity contribution >= 4 is 12.2 Å². The molecule has 0 radical (unpaired) electrons. The highest BCUT2D eigenvalue weighted by atomic mass is 16.5. The van der Waals surface area contributed by atoms with Gasteiger partial charge in [-0.3, -0.25) is 9.69 Å². The summed E-state index contributed by atoms with van der Waals surface area (Å²) >= 11 is 0. The van der Waals surface area contributed by atoms with Gasteiger partial charge in [0.15, 0.2) is 0 Å². The molecule has 4 rings (SSSR count). The van der Waals surface area contributed by atoms with E-state index < -0.39 is 0 Å². The first-order chi connectivity index (χ1) is 14.9. The van der Waals surface area contributed by atoms with E-state index in [2.05, 4.69) is 42.0 Å². The molecule has 1 aromatic rings. The fourth-order valence-electron chi connectivity index (χ4n) is 4.86. The van der Waals surface area contributed by atoms with Crippen LogP contribution in [-0.2, 0) is 14.9 Å². The SMILES string of the molecule is CC(C)(C)c1nc(C2CCO2)cc(N2CCN(CCC3CCC(NC=O)CC3)CC2)n1. The Bertz CT molecular complexity index is 730. The van der Waals surface area contributed by atoms with E-state index >= 15 is 0 Å². The second-order valence-electron chi connectivity index (χ2n) is 10.5. The first kappa shape index (κ1) is 22.5. The number of piperazine rings is 1. The highest BCUT2D eigenvalue weighted by Gasteiger charge is 2.28. The van der Waals surface area contributed by atoms with E-state index in [0.717, 1.165) is 81.7 Å². The molecular weight excluding hydrogens is 390 g/mol. The third kappa shape index (κ3) is 5.75. The van der Waals surface area contributed by atoms with Crippen LogP contribution in [0.2, 0.25) is 0 Å². The standard InChI is InChI=1S/C24H39N5O2/c1-24(2,3)23-26-20(21-9-15-31-21)16-22(27-23)29-13-11-28(12-14-29)10-8-18-4-6-19(7-5-18)25-17-30/h16-19,21H,4-15H2,1-3H3,(H,25,30). The van der Waals surface area contributed by atoms with Gasteiger partial charge in [0.25, 0.3) is 0 Å². The van der Waals surface area contributed by atoms with E-state index in [9.17, 15) is 4.79 Å². The van der Waals surface area contributed by atoms with Crippen molar-refractivity contribution in [3.05, 3.63) is 17.6 Å². The number of nitrogens with one attached hydrogen (secondary N) is 1. The Morgan fingerprint density at radius 3 is 2.39 bits per heavy atom. The van der Waals surface area contributed by atoms with Gasteiger partial charge in [0.2, 0.25) is 6.41 Å². The molecule has 0 spiro atoms. The first-order valence-corrected chi connectivity index (χ1v) is 12.1. The van der Waals surface area contributed by atoms with Gasteiger partial charge < -0.3 is 15.0 Å².